The van der Waals surface area contributed by atoms with E-state index in [1.54, 1.807) is 6.26 Å². The largest absolute Gasteiger partial charge is 0.498 e. The molecule has 9 heteroatoms. The van der Waals surface area contributed by atoms with Crippen LogP contribution < -0.4 is 5.73 Å². The third kappa shape index (κ3) is 37.6. The fraction of sp³-hybridized carbons (Fsp3) is 0.825. The number of esters is 1. The molecular formula is C40H76NO7P. The number of phosphoric acid groups is 1. The Hall–Kier alpha value is -1.44. The number of carbonyl (C=O) groups excluding carboxylic acids is 1. The molecule has 0 aliphatic heterocycles. The number of hydrogen-bond donors (Lipinski definition) is 2. The van der Waals surface area contributed by atoms with E-state index in [1.807, 2.05) is 6.08 Å². The summed E-state index contributed by atoms with van der Waals surface area (Å²) >= 11 is 0. The number of allylic oxidation sites excluding steroid dienone is 5. The topological polar surface area (TPSA) is 117 Å². The predicted octanol–water partition coefficient (Wildman–Crippen LogP) is 11.8. The highest BCUT2D eigenvalue weighted by Crippen LogP contribution is 2.43. The molecule has 0 saturated carbocycles. The molecule has 0 amide bonds. The Morgan fingerprint density at radius 2 is 1.12 bits per heavy atom. The number of rotatable bonds is 38. The molecule has 1 unspecified atom stereocenters. The summed E-state index contributed by atoms with van der Waals surface area (Å²) in [7, 11) is -4.29. The maximum Gasteiger partial charge on any atom is 0.472 e. The maximum atomic E-state index is 12.5. The summed E-state index contributed by atoms with van der Waals surface area (Å²) in [5.41, 5.74) is 5.35. The fourth-order valence-electron chi connectivity index (χ4n) is 5.39. The van der Waals surface area contributed by atoms with Crippen molar-refractivity contribution < 1.29 is 32.8 Å². The zero-order chi connectivity index (χ0) is 35.9. The van der Waals surface area contributed by atoms with Gasteiger partial charge in [0.1, 0.15) is 6.61 Å². The van der Waals surface area contributed by atoms with E-state index >= 15 is 0 Å². The first kappa shape index (κ1) is 47.6. The quantitative estimate of drug-likeness (QED) is 0.0213. The molecule has 0 aromatic heterocycles. The standard InChI is InChI=1S/C40H76NO7P/c1-3-5-7-9-11-13-15-17-19-20-22-24-26-28-30-32-35-45-37-39(38-47-49(43,44)46-36-34-41)48-40(42)33-31-29-27-25-23-21-18-16-14-12-10-8-6-4-2/h10,12,16,18,32,35,39H,3-9,11,13-15,17,19-31,33-34,36-38,41H2,1-2H3,(H,43,44)/b12-10+,18-16+,35-32+/t39-/m1/s1. The summed E-state index contributed by atoms with van der Waals surface area (Å²) in [5.74, 6) is -0.367. The minimum absolute atomic E-state index is 0.0277. The SMILES string of the molecule is CCCC/C=C/C/C=C/CCCCCCCC(=O)O[C@H](CO/C=C/CCCCCCCCCCCCCCCC)COP(=O)(O)OCCN. The van der Waals surface area contributed by atoms with Crippen LogP contribution >= 0.6 is 7.82 Å². The average Bonchev–Trinajstić information content (AvgIpc) is 3.09. The normalized spacial score (nSPS) is 13.9. The van der Waals surface area contributed by atoms with Crippen LogP contribution in [0.15, 0.2) is 36.6 Å². The van der Waals surface area contributed by atoms with Crippen LogP contribution in [0, 0.1) is 0 Å². The Morgan fingerprint density at radius 1 is 0.633 bits per heavy atom. The smallest absolute Gasteiger partial charge is 0.472 e. The lowest BCUT2D eigenvalue weighted by molar-refractivity contribution is -0.153. The summed E-state index contributed by atoms with van der Waals surface area (Å²) in [6, 6.07) is 0. The van der Waals surface area contributed by atoms with E-state index in [9.17, 15) is 14.3 Å². The van der Waals surface area contributed by atoms with Crippen LogP contribution in [0.3, 0.4) is 0 Å². The van der Waals surface area contributed by atoms with Crippen molar-refractivity contribution in [3.05, 3.63) is 36.6 Å². The Morgan fingerprint density at radius 3 is 1.67 bits per heavy atom. The molecule has 0 heterocycles. The van der Waals surface area contributed by atoms with Gasteiger partial charge in [0.25, 0.3) is 0 Å². The lowest BCUT2D eigenvalue weighted by atomic mass is 10.0. The van der Waals surface area contributed by atoms with Gasteiger partial charge < -0.3 is 20.1 Å². The van der Waals surface area contributed by atoms with Gasteiger partial charge in [-0.05, 0) is 51.0 Å². The number of ether oxygens (including phenoxy) is 2. The number of phosphoric ester groups is 1. The van der Waals surface area contributed by atoms with E-state index in [-0.39, 0.29) is 38.8 Å². The molecule has 49 heavy (non-hydrogen) atoms. The highest BCUT2D eigenvalue weighted by atomic mass is 31.2. The van der Waals surface area contributed by atoms with Gasteiger partial charge in [-0.2, -0.15) is 0 Å². The van der Waals surface area contributed by atoms with Crippen LogP contribution in [0.25, 0.3) is 0 Å². The molecule has 0 aliphatic rings. The van der Waals surface area contributed by atoms with E-state index in [0.717, 1.165) is 57.8 Å². The zero-order valence-corrected chi connectivity index (χ0v) is 32.6. The molecule has 0 spiro atoms. The van der Waals surface area contributed by atoms with Crippen molar-refractivity contribution in [2.45, 2.75) is 187 Å². The van der Waals surface area contributed by atoms with Crippen LogP contribution in [-0.4, -0.2) is 43.3 Å². The molecule has 8 nitrogen and oxygen atoms in total. The molecule has 0 aromatic carbocycles. The maximum absolute atomic E-state index is 12.5. The second kappa shape index (κ2) is 37.8. The molecule has 0 aliphatic carbocycles. The summed E-state index contributed by atoms with van der Waals surface area (Å²) in [4.78, 5) is 22.4. The van der Waals surface area contributed by atoms with Crippen molar-refractivity contribution in [2.75, 3.05) is 26.4 Å². The molecule has 0 fully saturated rings. The van der Waals surface area contributed by atoms with Crippen molar-refractivity contribution in [2.24, 2.45) is 5.73 Å². The number of nitrogens with two attached hydrogens (primary N) is 1. The van der Waals surface area contributed by atoms with Gasteiger partial charge >= 0.3 is 13.8 Å². The van der Waals surface area contributed by atoms with Gasteiger partial charge in [-0.25, -0.2) is 4.57 Å². The fourth-order valence-corrected chi connectivity index (χ4v) is 6.16. The molecular weight excluding hydrogens is 637 g/mol. The summed E-state index contributed by atoms with van der Waals surface area (Å²) in [6.45, 7) is 4.18. The van der Waals surface area contributed by atoms with Gasteiger partial charge in [0.05, 0.1) is 19.5 Å². The highest BCUT2D eigenvalue weighted by Gasteiger charge is 2.25. The molecule has 2 atom stereocenters. The van der Waals surface area contributed by atoms with Crippen molar-refractivity contribution in [3.8, 4) is 0 Å². The van der Waals surface area contributed by atoms with Gasteiger partial charge in [-0.1, -0.05) is 154 Å². The first-order chi connectivity index (χ1) is 23.9. The van der Waals surface area contributed by atoms with Gasteiger partial charge in [0.2, 0.25) is 0 Å². The van der Waals surface area contributed by atoms with E-state index < -0.39 is 13.9 Å². The first-order valence-corrected chi connectivity index (χ1v) is 21.5. The summed E-state index contributed by atoms with van der Waals surface area (Å²) in [5, 5.41) is 0. The average molecular weight is 714 g/mol. The van der Waals surface area contributed by atoms with Crippen LogP contribution in [0.5, 0.6) is 0 Å². The van der Waals surface area contributed by atoms with E-state index in [1.165, 1.54) is 103 Å². The molecule has 0 aromatic rings. The minimum Gasteiger partial charge on any atom is -0.498 e. The summed E-state index contributed by atoms with van der Waals surface area (Å²) in [6.07, 6.45) is 42.5. The minimum atomic E-state index is -4.29. The Labute approximate surface area is 301 Å². The number of unbranched alkanes of at least 4 members (excludes halogenated alkanes) is 21. The van der Waals surface area contributed by atoms with Crippen LogP contribution in [0.4, 0.5) is 0 Å². The number of carbonyl (C=O) groups is 1. The van der Waals surface area contributed by atoms with E-state index in [2.05, 4.69) is 38.2 Å². The predicted molar refractivity (Wildman–Crippen MR) is 205 cm³/mol. The Kier molecular flexibility index (Phi) is 36.7. The van der Waals surface area contributed by atoms with E-state index in [4.69, 9.17) is 24.3 Å². The lowest BCUT2D eigenvalue weighted by Gasteiger charge is -2.19. The lowest BCUT2D eigenvalue weighted by Crippen LogP contribution is -2.27. The van der Waals surface area contributed by atoms with Crippen LogP contribution in [-0.2, 0) is 27.9 Å². The van der Waals surface area contributed by atoms with Gasteiger partial charge in [-0.15, -0.1) is 0 Å². The molecule has 0 saturated heterocycles. The zero-order valence-electron chi connectivity index (χ0n) is 31.7. The Balaban J connectivity index is 4.13. The van der Waals surface area contributed by atoms with Crippen LogP contribution in [0.2, 0.25) is 0 Å². The summed E-state index contributed by atoms with van der Waals surface area (Å²) < 4.78 is 33.1. The molecule has 0 radical (unpaired) electrons. The molecule has 0 rings (SSSR count). The van der Waals surface area contributed by atoms with Gasteiger partial charge in [-0.3, -0.25) is 13.8 Å². The highest BCUT2D eigenvalue weighted by molar-refractivity contribution is 7.47. The second-order valence-corrected chi connectivity index (χ2v) is 14.7. The third-order valence-electron chi connectivity index (χ3n) is 8.37. The molecule has 288 valence electrons. The van der Waals surface area contributed by atoms with Gasteiger partial charge in [0.15, 0.2) is 6.10 Å². The second-order valence-electron chi connectivity index (χ2n) is 13.2. The van der Waals surface area contributed by atoms with Crippen molar-refractivity contribution >= 4 is 13.8 Å². The molecule has 3 N–H and O–H groups in total. The van der Waals surface area contributed by atoms with Crippen LogP contribution in [0.1, 0.15) is 181 Å². The van der Waals surface area contributed by atoms with E-state index in [0.29, 0.717) is 0 Å². The Bertz CT molecular complexity index is 848. The monoisotopic (exact) mass is 714 g/mol. The number of hydrogen-bond acceptors (Lipinski definition) is 7. The van der Waals surface area contributed by atoms with Crippen molar-refractivity contribution in [1.82, 2.24) is 0 Å². The first-order valence-electron chi connectivity index (χ1n) is 20.0. The van der Waals surface area contributed by atoms with Crippen molar-refractivity contribution in [3.63, 3.8) is 0 Å². The molecule has 0 bridgehead atoms. The van der Waals surface area contributed by atoms with Gasteiger partial charge in [0, 0.05) is 13.0 Å². The van der Waals surface area contributed by atoms with Crippen molar-refractivity contribution in [1.29, 1.82) is 0 Å². The third-order valence-corrected chi connectivity index (χ3v) is 9.36.